The Kier molecular flexibility index (Phi) is 5.87. The van der Waals surface area contributed by atoms with Gasteiger partial charge in [-0.2, -0.15) is 4.98 Å². The van der Waals surface area contributed by atoms with Crippen LogP contribution in [-0.2, 0) is 10.2 Å². The van der Waals surface area contributed by atoms with E-state index in [1.54, 1.807) is 4.52 Å². The highest BCUT2D eigenvalue weighted by Crippen LogP contribution is 2.25. The molecule has 1 aliphatic rings. The monoisotopic (exact) mass is 410 g/mol. The van der Waals surface area contributed by atoms with E-state index in [2.05, 4.69) is 53.2 Å². The molecule has 2 aromatic heterocycles. The Labute approximate surface area is 176 Å². The molecule has 1 saturated heterocycles. The van der Waals surface area contributed by atoms with Crippen LogP contribution in [0.15, 0.2) is 35.1 Å². The molecule has 160 valence electrons. The topological polar surface area (TPSA) is 87.5 Å². The number of hydrogen-bond donors (Lipinski definition) is 2. The number of aromatic amines is 1. The van der Waals surface area contributed by atoms with Crippen LogP contribution < -0.4 is 10.9 Å². The zero-order valence-electron chi connectivity index (χ0n) is 17.9. The molecule has 1 aliphatic heterocycles. The fourth-order valence-electron chi connectivity index (χ4n) is 3.60. The third-order valence-electron chi connectivity index (χ3n) is 5.40. The van der Waals surface area contributed by atoms with Crippen molar-refractivity contribution in [1.82, 2.24) is 24.5 Å². The molecule has 0 radical (unpaired) electrons. The minimum atomic E-state index is -0.194. The number of benzene rings is 1. The van der Waals surface area contributed by atoms with Gasteiger partial charge in [0.05, 0.1) is 13.2 Å². The highest BCUT2D eigenvalue weighted by molar-refractivity contribution is 5.60. The van der Waals surface area contributed by atoms with Crippen molar-refractivity contribution in [2.75, 3.05) is 44.7 Å². The number of H-pyrrole nitrogens is 1. The Morgan fingerprint density at radius 3 is 2.57 bits per heavy atom. The molecule has 0 amide bonds. The van der Waals surface area contributed by atoms with Gasteiger partial charge in [-0.05, 0) is 23.9 Å². The molecule has 2 N–H and O–H groups in total. The van der Waals surface area contributed by atoms with Crippen molar-refractivity contribution in [3.05, 3.63) is 46.2 Å². The molecule has 3 heterocycles. The van der Waals surface area contributed by atoms with Gasteiger partial charge in [-0.25, -0.2) is 9.50 Å². The maximum absolute atomic E-state index is 11.9. The lowest BCUT2D eigenvalue weighted by Crippen LogP contribution is -2.37. The molecule has 0 atom stereocenters. The van der Waals surface area contributed by atoms with E-state index < -0.39 is 0 Å². The average Bonchev–Trinajstić information content (AvgIpc) is 3.11. The number of aromatic nitrogens is 4. The maximum Gasteiger partial charge on any atom is 0.266 e. The maximum atomic E-state index is 11.9. The molecule has 3 aromatic rings. The molecule has 1 aromatic carbocycles. The van der Waals surface area contributed by atoms with Crippen LogP contribution in [0.1, 0.15) is 32.8 Å². The molecule has 4 rings (SSSR count). The quantitative estimate of drug-likeness (QED) is 0.607. The van der Waals surface area contributed by atoms with Gasteiger partial charge < -0.3 is 10.1 Å². The third-order valence-corrected chi connectivity index (χ3v) is 5.40. The van der Waals surface area contributed by atoms with Crippen LogP contribution in [0.5, 0.6) is 0 Å². The second-order valence-electron chi connectivity index (χ2n) is 8.75. The average molecular weight is 411 g/mol. The number of nitrogens with zero attached hydrogens (tertiary/aromatic N) is 4. The van der Waals surface area contributed by atoms with Crippen LogP contribution in [0.2, 0.25) is 0 Å². The van der Waals surface area contributed by atoms with Gasteiger partial charge in [0, 0.05) is 31.3 Å². The smallest absolute Gasteiger partial charge is 0.266 e. The minimum Gasteiger partial charge on any atom is -0.379 e. The first-order valence-corrected chi connectivity index (χ1v) is 10.5. The minimum absolute atomic E-state index is 0.0878. The first-order valence-electron chi connectivity index (χ1n) is 10.5. The highest BCUT2D eigenvalue weighted by atomic mass is 16.5. The van der Waals surface area contributed by atoms with Crippen molar-refractivity contribution in [2.24, 2.45) is 0 Å². The number of fused-ring (bicyclic) bond motifs is 1. The van der Waals surface area contributed by atoms with Crippen molar-refractivity contribution >= 4 is 11.6 Å². The number of anilines is 1. The second-order valence-corrected chi connectivity index (χ2v) is 8.75. The Bertz CT molecular complexity index is 1040. The van der Waals surface area contributed by atoms with Crippen LogP contribution >= 0.6 is 0 Å². The SMILES string of the molecule is CC(C)(C)c1ccc(-c2nc(NCCCN3CCOCC3)n3[nH]c(=O)cc3n2)cc1. The molecule has 0 unspecified atom stereocenters. The van der Waals surface area contributed by atoms with Crippen LogP contribution in [0, 0.1) is 0 Å². The molecule has 0 saturated carbocycles. The van der Waals surface area contributed by atoms with E-state index in [1.165, 1.54) is 11.6 Å². The zero-order valence-corrected chi connectivity index (χ0v) is 17.9. The number of morpholine rings is 1. The normalized spacial score (nSPS) is 15.6. The van der Waals surface area contributed by atoms with Crippen molar-refractivity contribution in [3.63, 3.8) is 0 Å². The standard InChI is InChI=1S/C22H30N6O2/c1-22(2,3)17-7-5-16(6-8-17)20-24-18-15-19(29)26-28(18)21(25-20)23-9-4-10-27-11-13-30-14-12-27/h5-8,15H,4,9-14H2,1-3H3,(H,26,29)(H,23,24,25). The molecular weight excluding hydrogens is 380 g/mol. The lowest BCUT2D eigenvalue weighted by Gasteiger charge is -2.26. The summed E-state index contributed by atoms with van der Waals surface area (Å²) in [5.41, 5.74) is 2.63. The summed E-state index contributed by atoms with van der Waals surface area (Å²) < 4.78 is 7.01. The Hall–Kier alpha value is -2.71. The molecule has 1 fully saturated rings. The highest BCUT2D eigenvalue weighted by Gasteiger charge is 2.15. The van der Waals surface area contributed by atoms with Crippen LogP contribution in [0.4, 0.5) is 5.95 Å². The summed E-state index contributed by atoms with van der Waals surface area (Å²) in [6.45, 7) is 11.9. The van der Waals surface area contributed by atoms with Gasteiger partial charge >= 0.3 is 0 Å². The lowest BCUT2D eigenvalue weighted by molar-refractivity contribution is 0.0378. The summed E-state index contributed by atoms with van der Waals surface area (Å²) in [4.78, 5) is 23.6. The molecule has 0 spiro atoms. The number of hydrogen-bond acceptors (Lipinski definition) is 6. The second kappa shape index (κ2) is 8.57. The summed E-state index contributed by atoms with van der Waals surface area (Å²) in [5, 5.41) is 6.14. The van der Waals surface area contributed by atoms with E-state index in [0.29, 0.717) is 17.4 Å². The van der Waals surface area contributed by atoms with Gasteiger partial charge in [-0.15, -0.1) is 0 Å². The van der Waals surface area contributed by atoms with Crippen LogP contribution in [0.3, 0.4) is 0 Å². The molecule has 8 nitrogen and oxygen atoms in total. The fourth-order valence-corrected chi connectivity index (χ4v) is 3.60. The van der Waals surface area contributed by atoms with E-state index in [0.717, 1.165) is 51.4 Å². The molecule has 0 aliphatic carbocycles. The molecule has 0 bridgehead atoms. The Morgan fingerprint density at radius 1 is 1.13 bits per heavy atom. The predicted molar refractivity (Wildman–Crippen MR) is 118 cm³/mol. The van der Waals surface area contributed by atoms with Gasteiger partial charge in [-0.1, -0.05) is 45.0 Å². The summed E-state index contributed by atoms with van der Waals surface area (Å²) in [6.07, 6.45) is 0.979. The van der Waals surface area contributed by atoms with Gasteiger partial charge in [0.2, 0.25) is 5.95 Å². The Balaban J connectivity index is 1.52. The number of nitrogens with one attached hydrogen (secondary N) is 2. The predicted octanol–water partition coefficient (Wildman–Crippen LogP) is 2.52. The lowest BCUT2D eigenvalue weighted by atomic mass is 9.87. The van der Waals surface area contributed by atoms with E-state index in [-0.39, 0.29) is 11.0 Å². The summed E-state index contributed by atoms with van der Waals surface area (Å²) in [5.74, 6) is 1.20. The van der Waals surface area contributed by atoms with E-state index >= 15 is 0 Å². The first kappa shape index (κ1) is 20.6. The van der Waals surface area contributed by atoms with E-state index in [9.17, 15) is 4.79 Å². The van der Waals surface area contributed by atoms with Crippen LogP contribution in [-0.4, -0.2) is 63.9 Å². The molecular formula is C22H30N6O2. The summed E-state index contributed by atoms with van der Waals surface area (Å²) in [6, 6.07) is 9.80. The zero-order chi connectivity index (χ0) is 21.1. The first-order chi connectivity index (χ1) is 14.4. The summed E-state index contributed by atoms with van der Waals surface area (Å²) >= 11 is 0. The van der Waals surface area contributed by atoms with Crippen molar-refractivity contribution in [3.8, 4) is 11.4 Å². The molecule has 30 heavy (non-hydrogen) atoms. The number of rotatable bonds is 6. The van der Waals surface area contributed by atoms with Crippen molar-refractivity contribution in [1.29, 1.82) is 0 Å². The summed E-state index contributed by atoms with van der Waals surface area (Å²) in [7, 11) is 0. The van der Waals surface area contributed by atoms with E-state index in [1.807, 2.05) is 12.1 Å². The fraction of sp³-hybridized carbons (Fsp3) is 0.500. The van der Waals surface area contributed by atoms with Crippen molar-refractivity contribution < 1.29 is 4.74 Å². The van der Waals surface area contributed by atoms with Gasteiger partial charge in [-0.3, -0.25) is 14.8 Å². The Morgan fingerprint density at radius 2 is 1.87 bits per heavy atom. The number of ether oxygens (including phenoxy) is 1. The largest absolute Gasteiger partial charge is 0.379 e. The van der Waals surface area contributed by atoms with Gasteiger partial charge in [0.1, 0.15) is 0 Å². The van der Waals surface area contributed by atoms with E-state index in [4.69, 9.17) is 9.72 Å². The van der Waals surface area contributed by atoms with Crippen LogP contribution in [0.25, 0.3) is 17.0 Å². The van der Waals surface area contributed by atoms with Crippen molar-refractivity contribution in [2.45, 2.75) is 32.6 Å². The third kappa shape index (κ3) is 4.71. The van der Waals surface area contributed by atoms with Gasteiger partial charge in [0.15, 0.2) is 11.5 Å². The van der Waals surface area contributed by atoms with Gasteiger partial charge in [0.25, 0.3) is 5.56 Å². The molecule has 8 heteroatoms.